The summed E-state index contributed by atoms with van der Waals surface area (Å²) in [6.07, 6.45) is 3.44. The molecule has 0 spiro atoms. The van der Waals surface area contributed by atoms with E-state index in [9.17, 15) is 0 Å². The molecule has 4 nitrogen and oxygen atoms in total. The van der Waals surface area contributed by atoms with Crippen LogP contribution < -0.4 is 5.43 Å². The van der Waals surface area contributed by atoms with Crippen molar-refractivity contribution in [3.05, 3.63) is 59.3 Å². The molecule has 0 bridgehead atoms. The third kappa shape index (κ3) is 2.95. The standard InChI is InChI=1S/C15H13N3OS/c1-11-10-20-15(17-11)18-16-9-12-4-2-5-13(8-12)14-6-3-7-19-14/h2-10H,1H3,(H,17,18). The maximum Gasteiger partial charge on any atom is 0.203 e. The molecule has 0 aliphatic carbocycles. The van der Waals surface area contributed by atoms with Crippen molar-refractivity contribution in [2.75, 3.05) is 5.43 Å². The molecule has 0 aliphatic rings. The number of nitrogens with zero attached hydrogens (tertiary/aromatic N) is 2. The molecular weight excluding hydrogens is 270 g/mol. The summed E-state index contributed by atoms with van der Waals surface area (Å²) in [6.45, 7) is 1.96. The van der Waals surface area contributed by atoms with Crippen LogP contribution in [0.4, 0.5) is 5.13 Å². The summed E-state index contributed by atoms with van der Waals surface area (Å²) in [7, 11) is 0. The van der Waals surface area contributed by atoms with Gasteiger partial charge in [0.2, 0.25) is 5.13 Å². The number of hydrazone groups is 1. The van der Waals surface area contributed by atoms with Gasteiger partial charge >= 0.3 is 0 Å². The molecule has 0 amide bonds. The molecule has 2 aromatic heterocycles. The van der Waals surface area contributed by atoms with Crippen LogP contribution in [-0.4, -0.2) is 11.2 Å². The molecule has 5 heteroatoms. The van der Waals surface area contributed by atoms with E-state index in [-0.39, 0.29) is 0 Å². The fourth-order valence-electron chi connectivity index (χ4n) is 1.78. The minimum absolute atomic E-state index is 0.793. The Bertz CT molecular complexity index is 716. The molecule has 1 N–H and O–H groups in total. The van der Waals surface area contributed by atoms with Gasteiger partial charge in [-0.15, -0.1) is 11.3 Å². The number of aryl methyl sites for hydroxylation is 1. The summed E-state index contributed by atoms with van der Waals surface area (Å²) in [5.41, 5.74) is 5.95. The van der Waals surface area contributed by atoms with Crippen LogP contribution in [0.15, 0.2) is 57.6 Å². The molecule has 0 unspecified atom stereocenters. The molecule has 1 aromatic carbocycles. The normalized spacial score (nSPS) is 11.1. The van der Waals surface area contributed by atoms with Crippen LogP contribution >= 0.6 is 11.3 Å². The Labute approximate surface area is 120 Å². The van der Waals surface area contributed by atoms with Gasteiger partial charge < -0.3 is 4.42 Å². The number of anilines is 1. The van der Waals surface area contributed by atoms with Crippen LogP contribution in [0.1, 0.15) is 11.3 Å². The highest BCUT2D eigenvalue weighted by molar-refractivity contribution is 7.13. The molecule has 3 rings (SSSR count). The third-order valence-corrected chi connectivity index (χ3v) is 3.55. The summed E-state index contributed by atoms with van der Waals surface area (Å²) in [4.78, 5) is 4.28. The van der Waals surface area contributed by atoms with Crippen LogP contribution in [-0.2, 0) is 0 Å². The Kier molecular flexibility index (Phi) is 3.60. The van der Waals surface area contributed by atoms with Crippen LogP contribution in [0.3, 0.4) is 0 Å². The first-order valence-electron chi connectivity index (χ1n) is 6.16. The summed E-state index contributed by atoms with van der Waals surface area (Å²) >= 11 is 1.53. The van der Waals surface area contributed by atoms with Gasteiger partial charge in [0.15, 0.2) is 0 Å². The fourth-order valence-corrected chi connectivity index (χ4v) is 2.42. The Balaban J connectivity index is 1.73. The maximum absolute atomic E-state index is 5.38. The monoisotopic (exact) mass is 283 g/mol. The minimum Gasteiger partial charge on any atom is -0.464 e. The zero-order valence-corrected chi connectivity index (χ0v) is 11.7. The second-order valence-corrected chi connectivity index (χ2v) is 5.12. The van der Waals surface area contributed by atoms with E-state index in [1.807, 2.05) is 48.7 Å². The first-order valence-corrected chi connectivity index (χ1v) is 7.04. The van der Waals surface area contributed by atoms with E-state index in [4.69, 9.17) is 4.42 Å². The van der Waals surface area contributed by atoms with Gasteiger partial charge in [0.25, 0.3) is 0 Å². The topological polar surface area (TPSA) is 50.4 Å². The van der Waals surface area contributed by atoms with Crippen LogP contribution in [0, 0.1) is 6.92 Å². The van der Waals surface area contributed by atoms with Crippen molar-refractivity contribution in [2.24, 2.45) is 5.10 Å². The lowest BCUT2D eigenvalue weighted by atomic mass is 10.1. The van der Waals surface area contributed by atoms with Crippen molar-refractivity contribution in [1.82, 2.24) is 4.98 Å². The number of aromatic nitrogens is 1. The first kappa shape index (κ1) is 12.6. The lowest BCUT2D eigenvalue weighted by molar-refractivity contribution is 0.582. The van der Waals surface area contributed by atoms with Crippen molar-refractivity contribution >= 4 is 22.7 Å². The highest BCUT2D eigenvalue weighted by Crippen LogP contribution is 2.20. The van der Waals surface area contributed by atoms with Gasteiger partial charge in [0.05, 0.1) is 18.2 Å². The average molecular weight is 283 g/mol. The summed E-state index contributed by atoms with van der Waals surface area (Å²) in [6, 6.07) is 11.8. The number of nitrogens with one attached hydrogen (secondary N) is 1. The smallest absolute Gasteiger partial charge is 0.203 e. The van der Waals surface area contributed by atoms with Crippen molar-refractivity contribution in [3.63, 3.8) is 0 Å². The molecule has 2 heterocycles. The van der Waals surface area contributed by atoms with Crippen molar-refractivity contribution in [3.8, 4) is 11.3 Å². The van der Waals surface area contributed by atoms with E-state index < -0.39 is 0 Å². The summed E-state index contributed by atoms with van der Waals surface area (Å²) in [5.74, 6) is 0.851. The van der Waals surface area contributed by atoms with E-state index in [1.165, 1.54) is 11.3 Å². The maximum atomic E-state index is 5.38. The van der Waals surface area contributed by atoms with Gasteiger partial charge in [-0.2, -0.15) is 5.10 Å². The van der Waals surface area contributed by atoms with Crippen molar-refractivity contribution in [1.29, 1.82) is 0 Å². The molecular formula is C15H13N3OS. The minimum atomic E-state index is 0.793. The van der Waals surface area contributed by atoms with E-state index in [2.05, 4.69) is 15.5 Å². The van der Waals surface area contributed by atoms with Crippen LogP contribution in [0.25, 0.3) is 11.3 Å². The molecule has 20 heavy (non-hydrogen) atoms. The molecule has 0 saturated heterocycles. The van der Waals surface area contributed by atoms with E-state index >= 15 is 0 Å². The third-order valence-electron chi connectivity index (χ3n) is 2.69. The largest absolute Gasteiger partial charge is 0.464 e. The Morgan fingerprint density at radius 3 is 3.00 bits per heavy atom. The second kappa shape index (κ2) is 5.71. The SMILES string of the molecule is Cc1csc(NN=Cc2cccc(-c3ccco3)c2)n1. The highest BCUT2D eigenvalue weighted by atomic mass is 32.1. The van der Waals surface area contributed by atoms with Gasteiger partial charge in [-0.1, -0.05) is 18.2 Å². The Hall–Kier alpha value is -2.40. The zero-order valence-electron chi connectivity index (χ0n) is 10.9. The van der Waals surface area contributed by atoms with Crippen molar-refractivity contribution in [2.45, 2.75) is 6.92 Å². The predicted octanol–water partition coefficient (Wildman–Crippen LogP) is 4.16. The van der Waals surface area contributed by atoms with Crippen molar-refractivity contribution < 1.29 is 4.42 Å². The van der Waals surface area contributed by atoms with Crippen LogP contribution in [0.2, 0.25) is 0 Å². The number of hydrogen-bond donors (Lipinski definition) is 1. The number of rotatable bonds is 4. The predicted molar refractivity (Wildman–Crippen MR) is 82.2 cm³/mol. The molecule has 0 atom stereocenters. The highest BCUT2D eigenvalue weighted by Gasteiger charge is 2.00. The van der Waals surface area contributed by atoms with Gasteiger partial charge in [-0.3, -0.25) is 5.43 Å². The Morgan fingerprint density at radius 2 is 2.25 bits per heavy atom. The first-order chi connectivity index (χ1) is 9.81. The van der Waals surface area contributed by atoms with E-state index in [0.29, 0.717) is 0 Å². The van der Waals surface area contributed by atoms with E-state index in [0.717, 1.165) is 27.7 Å². The van der Waals surface area contributed by atoms with Gasteiger partial charge in [-0.05, 0) is 30.7 Å². The van der Waals surface area contributed by atoms with Gasteiger partial charge in [-0.25, -0.2) is 4.98 Å². The molecule has 0 fully saturated rings. The molecule has 0 radical (unpaired) electrons. The number of hydrogen-bond acceptors (Lipinski definition) is 5. The van der Waals surface area contributed by atoms with Gasteiger partial charge in [0.1, 0.15) is 5.76 Å². The number of furan rings is 1. The molecule has 0 aliphatic heterocycles. The lowest BCUT2D eigenvalue weighted by Crippen LogP contribution is -1.90. The van der Waals surface area contributed by atoms with Crippen LogP contribution in [0.5, 0.6) is 0 Å². The Morgan fingerprint density at radius 1 is 1.30 bits per heavy atom. The molecule has 3 aromatic rings. The number of benzene rings is 1. The summed E-state index contributed by atoms with van der Waals surface area (Å²) < 4.78 is 5.38. The second-order valence-electron chi connectivity index (χ2n) is 4.27. The molecule has 100 valence electrons. The fraction of sp³-hybridized carbons (Fsp3) is 0.0667. The number of thiazole rings is 1. The average Bonchev–Trinajstić information content (AvgIpc) is 3.11. The summed E-state index contributed by atoms with van der Waals surface area (Å²) in [5, 5.41) is 6.96. The van der Waals surface area contributed by atoms with E-state index in [1.54, 1.807) is 12.5 Å². The lowest BCUT2D eigenvalue weighted by Gasteiger charge is -1.99. The molecule has 0 saturated carbocycles. The van der Waals surface area contributed by atoms with Gasteiger partial charge in [0, 0.05) is 10.9 Å². The quantitative estimate of drug-likeness (QED) is 0.578. The zero-order chi connectivity index (χ0) is 13.8.